The van der Waals surface area contributed by atoms with E-state index in [1.54, 1.807) is 6.07 Å². The van der Waals surface area contributed by atoms with E-state index >= 15 is 0 Å². The van der Waals surface area contributed by atoms with Crippen LogP contribution in [0, 0.1) is 13.8 Å². The van der Waals surface area contributed by atoms with E-state index in [0.717, 1.165) is 30.8 Å². The summed E-state index contributed by atoms with van der Waals surface area (Å²) < 4.78 is 31.0. The summed E-state index contributed by atoms with van der Waals surface area (Å²) in [5.74, 6) is 0.159. The molecular formula is C17H28N2O3S. The number of hydrogen-bond donors (Lipinski definition) is 0. The Labute approximate surface area is 140 Å². The molecule has 1 heterocycles. The number of aryl methyl sites for hydroxylation is 2. The Bertz CT molecular complexity index is 629. The van der Waals surface area contributed by atoms with Crippen LogP contribution in [-0.2, 0) is 14.6 Å². The number of ether oxygens (including phenoxy) is 1. The minimum atomic E-state index is -3.25. The van der Waals surface area contributed by atoms with Crippen molar-refractivity contribution in [1.29, 1.82) is 0 Å². The zero-order chi connectivity index (χ0) is 17.0. The Hall–Kier alpha value is -0.950. The van der Waals surface area contributed by atoms with Crippen LogP contribution >= 0.6 is 0 Å². The molecule has 0 amide bonds. The second-order valence-electron chi connectivity index (χ2n) is 6.64. The van der Waals surface area contributed by atoms with Crippen LogP contribution in [0.5, 0.6) is 0 Å². The van der Waals surface area contributed by atoms with Gasteiger partial charge in [0.05, 0.1) is 23.4 Å². The summed E-state index contributed by atoms with van der Waals surface area (Å²) >= 11 is 0. The van der Waals surface area contributed by atoms with Crippen LogP contribution < -0.4 is 0 Å². The topological polar surface area (TPSA) is 49.9 Å². The second-order valence-corrected chi connectivity index (χ2v) is 8.72. The molecule has 0 spiro atoms. The molecule has 1 fully saturated rings. The Balaban J connectivity index is 1.97. The highest BCUT2D eigenvalue weighted by Crippen LogP contribution is 2.18. The van der Waals surface area contributed by atoms with Crippen LogP contribution in [0.25, 0.3) is 0 Å². The maximum atomic E-state index is 12.6. The van der Waals surface area contributed by atoms with Crippen LogP contribution in [0.1, 0.15) is 11.1 Å². The number of likely N-dealkylation sites (N-methyl/N-ethyl adjacent to an activating group) is 1. The Morgan fingerprint density at radius 2 is 2.04 bits per heavy atom. The minimum Gasteiger partial charge on any atom is -0.374 e. The zero-order valence-corrected chi connectivity index (χ0v) is 15.4. The van der Waals surface area contributed by atoms with Crippen molar-refractivity contribution in [3.05, 3.63) is 29.3 Å². The van der Waals surface area contributed by atoms with Crippen LogP contribution in [0.2, 0.25) is 0 Å². The van der Waals surface area contributed by atoms with Gasteiger partial charge >= 0.3 is 0 Å². The van der Waals surface area contributed by atoms with Crippen LogP contribution in [0.15, 0.2) is 23.1 Å². The van der Waals surface area contributed by atoms with Gasteiger partial charge in [0, 0.05) is 26.2 Å². The molecule has 130 valence electrons. The largest absolute Gasteiger partial charge is 0.374 e. The molecule has 5 nitrogen and oxygen atoms in total. The summed E-state index contributed by atoms with van der Waals surface area (Å²) in [5, 5.41) is 0. The lowest BCUT2D eigenvalue weighted by Gasteiger charge is -2.34. The molecule has 0 unspecified atom stereocenters. The molecule has 1 aliphatic rings. The quantitative estimate of drug-likeness (QED) is 0.782. The molecule has 1 saturated heterocycles. The molecule has 0 radical (unpaired) electrons. The zero-order valence-electron chi connectivity index (χ0n) is 14.6. The summed E-state index contributed by atoms with van der Waals surface area (Å²) in [6.07, 6.45) is 0.155. The molecule has 0 saturated carbocycles. The average Bonchev–Trinajstić information content (AvgIpc) is 2.47. The van der Waals surface area contributed by atoms with E-state index < -0.39 is 9.84 Å². The lowest BCUT2D eigenvalue weighted by molar-refractivity contribution is -0.0361. The molecule has 1 aromatic carbocycles. The van der Waals surface area contributed by atoms with Crippen molar-refractivity contribution in [2.75, 3.05) is 52.6 Å². The molecule has 2 rings (SSSR count). The van der Waals surface area contributed by atoms with Crippen molar-refractivity contribution in [3.8, 4) is 0 Å². The lowest BCUT2D eigenvalue weighted by Crippen LogP contribution is -2.47. The maximum absolute atomic E-state index is 12.6. The predicted octanol–water partition coefficient (Wildman–Crippen LogP) is 1.34. The van der Waals surface area contributed by atoms with Gasteiger partial charge in [-0.15, -0.1) is 0 Å². The first kappa shape index (κ1) is 18.4. The van der Waals surface area contributed by atoms with E-state index in [0.29, 0.717) is 18.0 Å². The standard InChI is InChI=1S/C17H28N2O3S/c1-14-5-6-15(2)17(11-14)23(20,21)10-8-19-7-9-22-16(13-19)12-18(3)4/h5-6,11,16H,7-10,12-13H2,1-4H3/t16-/m0/s1. The van der Waals surface area contributed by atoms with Crippen LogP contribution in [0.4, 0.5) is 0 Å². The average molecular weight is 340 g/mol. The van der Waals surface area contributed by atoms with Gasteiger partial charge < -0.3 is 9.64 Å². The summed E-state index contributed by atoms with van der Waals surface area (Å²) in [4.78, 5) is 4.76. The number of morpholine rings is 1. The third-order valence-corrected chi connectivity index (χ3v) is 5.98. The van der Waals surface area contributed by atoms with Crippen LogP contribution in [0.3, 0.4) is 0 Å². The van der Waals surface area contributed by atoms with Gasteiger partial charge in [0.1, 0.15) is 0 Å². The first-order chi connectivity index (χ1) is 10.8. The second kappa shape index (κ2) is 7.75. The van der Waals surface area contributed by atoms with Crippen molar-refractivity contribution in [2.45, 2.75) is 24.8 Å². The van der Waals surface area contributed by atoms with Crippen molar-refractivity contribution in [2.24, 2.45) is 0 Å². The number of nitrogens with zero attached hydrogens (tertiary/aromatic N) is 2. The van der Waals surface area contributed by atoms with E-state index in [1.165, 1.54) is 0 Å². The monoisotopic (exact) mass is 340 g/mol. The normalized spacial score (nSPS) is 20.1. The molecular weight excluding hydrogens is 312 g/mol. The Morgan fingerprint density at radius 1 is 1.30 bits per heavy atom. The van der Waals surface area contributed by atoms with Gasteiger partial charge in [-0.1, -0.05) is 12.1 Å². The molecule has 0 aromatic heterocycles. The van der Waals surface area contributed by atoms with Gasteiger partial charge in [-0.05, 0) is 45.1 Å². The van der Waals surface area contributed by atoms with E-state index in [4.69, 9.17) is 4.74 Å². The van der Waals surface area contributed by atoms with E-state index in [2.05, 4.69) is 9.80 Å². The first-order valence-corrected chi connectivity index (χ1v) is 9.72. The van der Waals surface area contributed by atoms with Crippen molar-refractivity contribution in [3.63, 3.8) is 0 Å². The molecule has 1 aromatic rings. The molecule has 1 aliphatic heterocycles. The highest BCUT2D eigenvalue weighted by Gasteiger charge is 2.24. The molecule has 0 bridgehead atoms. The maximum Gasteiger partial charge on any atom is 0.179 e. The van der Waals surface area contributed by atoms with Gasteiger partial charge in [-0.2, -0.15) is 0 Å². The Morgan fingerprint density at radius 3 is 2.74 bits per heavy atom. The predicted molar refractivity (Wildman–Crippen MR) is 92.7 cm³/mol. The van der Waals surface area contributed by atoms with Crippen molar-refractivity contribution < 1.29 is 13.2 Å². The molecule has 0 N–H and O–H groups in total. The highest BCUT2D eigenvalue weighted by molar-refractivity contribution is 7.91. The Kier molecular flexibility index (Phi) is 6.19. The molecule has 6 heteroatoms. The van der Waals surface area contributed by atoms with Gasteiger partial charge in [-0.3, -0.25) is 4.90 Å². The summed E-state index contributed by atoms with van der Waals surface area (Å²) in [5.41, 5.74) is 1.80. The van der Waals surface area contributed by atoms with E-state index in [1.807, 2.05) is 40.1 Å². The van der Waals surface area contributed by atoms with Crippen LogP contribution in [-0.4, -0.2) is 77.0 Å². The minimum absolute atomic E-state index is 0.155. The number of rotatable bonds is 6. The number of hydrogen-bond acceptors (Lipinski definition) is 5. The molecule has 1 atom stereocenters. The van der Waals surface area contributed by atoms with Crippen molar-refractivity contribution in [1.82, 2.24) is 9.80 Å². The first-order valence-electron chi connectivity index (χ1n) is 8.06. The molecule has 0 aliphatic carbocycles. The van der Waals surface area contributed by atoms with E-state index in [-0.39, 0.29) is 11.9 Å². The van der Waals surface area contributed by atoms with Gasteiger partial charge in [0.2, 0.25) is 0 Å². The lowest BCUT2D eigenvalue weighted by atomic mass is 10.2. The highest BCUT2D eigenvalue weighted by atomic mass is 32.2. The van der Waals surface area contributed by atoms with Gasteiger partial charge in [0.15, 0.2) is 9.84 Å². The third-order valence-electron chi connectivity index (χ3n) is 4.15. The smallest absolute Gasteiger partial charge is 0.179 e. The summed E-state index contributed by atoms with van der Waals surface area (Å²) in [6, 6.07) is 5.60. The third kappa shape index (κ3) is 5.28. The number of benzene rings is 1. The van der Waals surface area contributed by atoms with Gasteiger partial charge in [-0.25, -0.2) is 8.42 Å². The summed E-state index contributed by atoms with van der Waals surface area (Å²) in [7, 11) is 0.796. The number of sulfone groups is 1. The summed E-state index contributed by atoms with van der Waals surface area (Å²) in [6.45, 7) is 7.46. The van der Waals surface area contributed by atoms with E-state index in [9.17, 15) is 8.42 Å². The van der Waals surface area contributed by atoms with Crippen molar-refractivity contribution >= 4 is 9.84 Å². The SMILES string of the molecule is Cc1ccc(C)c(S(=O)(=O)CCN2CCO[C@@H](CN(C)C)C2)c1. The fraction of sp³-hybridized carbons (Fsp3) is 0.647. The molecule has 23 heavy (non-hydrogen) atoms. The fourth-order valence-corrected chi connectivity index (χ4v) is 4.55. The van der Waals surface area contributed by atoms with Gasteiger partial charge in [0.25, 0.3) is 0 Å². The fourth-order valence-electron chi connectivity index (χ4n) is 2.90.